The molecule has 0 aromatic carbocycles. The fourth-order valence-corrected chi connectivity index (χ4v) is 2.92. The van der Waals surface area contributed by atoms with E-state index in [-0.39, 0.29) is 22.7 Å². The first-order valence-corrected chi connectivity index (χ1v) is 8.46. The van der Waals surface area contributed by atoms with Crippen LogP contribution in [-0.2, 0) is 4.79 Å². The van der Waals surface area contributed by atoms with E-state index in [2.05, 4.69) is 27.7 Å². The Bertz CT molecular complexity index is 856. The molecule has 0 radical (unpaired) electrons. The molecule has 3 rings (SSSR count). The molecule has 3 aromatic heterocycles. The number of halogens is 1. The Kier molecular flexibility index (Phi) is 5.35. The molecule has 25 heavy (non-hydrogen) atoms. The van der Waals surface area contributed by atoms with E-state index in [0.29, 0.717) is 5.69 Å². The fourth-order valence-electron chi connectivity index (χ4n) is 2.33. The van der Waals surface area contributed by atoms with Crippen LogP contribution < -0.4 is 4.90 Å². The summed E-state index contributed by atoms with van der Waals surface area (Å²) in [5.74, 6) is -0.107. The lowest BCUT2D eigenvalue weighted by Crippen LogP contribution is -2.27. The van der Waals surface area contributed by atoms with Crippen molar-refractivity contribution in [1.82, 2.24) is 19.7 Å². The number of rotatable bonds is 5. The molecule has 1 atom stereocenters. The number of pyridine rings is 2. The van der Waals surface area contributed by atoms with E-state index in [1.807, 2.05) is 18.2 Å². The summed E-state index contributed by atoms with van der Waals surface area (Å²) in [6.07, 6.45) is 8.65. The third kappa shape index (κ3) is 4.00. The van der Waals surface area contributed by atoms with Gasteiger partial charge in [-0.05, 0) is 29.8 Å². The second kappa shape index (κ2) is 7.67. The molecule has 0 aliphatic heterocycles. The normalized spacial score (nSPS) is 12.0. The number of amides is 1. The highest BCUT2D eigenvalue weighted by Crippen LogP contribution is 2.28. The fraction of sp³-hybridized carbons (Fsp3) is 0.176. The first kappa shape index (κ1) is 17.4. The van der Waals surface area contributed by atoms with Gasteiger partial charge in [0.05, 0.1) is 18.1 Å². The summed E-state index contributed by atoms with van der Waals surface area (Å²) in [7, 11) is 1.67. The summed E-state index contributed by atoms with van der Waals surface area (Å²) < 4.78 is 1.59. The van der Waals surface area contributed by atoms with E-state index in [1.54, 1.807) is 48.8 Å². The largest absolute Gasteiger partial charge is 0.311 e. The van der Waals surface area contributed by atoms with Gasteiger partial charge in [0.25, 0.3) is 0 Å². The van der Waals surface area contributed by atoms with Gasteiger partial charge in [0.1, 0.15) is 5.69 Å². The number of anilines is 1. The maximum absolute atomic E-state index is 12.6. The number of hydrogen-bond donors (Lipinski definition) is 1. The highest BCUT2D eigenvalue weighted by molar-refractivity contribution is 7.80. The van der Waals surface area contributed by atoms with Gasteiger partial charge in [-0.25, -0.2) is 4.68 Å². The van der Waals surface area contributed by atoms with Crippen LogP contribution in [0.25, 0.3) is 5.69 Å². The van der Waals surface area contributed by atoms with Gasteiger partial charge in [0.2, 0.25) is 5.91 Å². The van der Waals surface area contributed by atoms with Crippen LogP contribution in [0.3, 0.4) is 0 Å². The highest BCUT2D eigenvalue weighted by Gasteiger charge is 2.21. The monoisotopic (exact) mass is 373 g/mol. The summed E-state index contributed by atoms with van der Waals surface area (Å²) in [6, 6.07) is 7.35. The van der Waals surface area contributed by atoms with Crippen LogP contribution in [0.5, 0.6) is 0 Å². The van der Waals surface area contributed by atoms with Crippen LogP contribution in [0.1, 0.15) is 17.2 Å². The molecule has 0 bridgehead atoms. The van der Waals surface area contributed by atoms with Gasteiger partial charge in [-0.1, -0.05) is 11.6 Å². The minimum absolute atomic E-state index is 0.107. The molecular formula is C17H16ClN5OS. The summed E-state index contributed by atoms with van der Waals surface area (Å²) in [5.41, 5.74) is 2.24. The third-order valence-electron chi connectivity index (χ3n) is 3.76. The molecule has 1 unspecified atom stereocenters. The summed E-state index contributed by atoms with van der Waals surface area (Å²) in [5, 5.41) is 4.27. The number of hydrogen-bond acceptors (Lipinski definition) is 5. The predicted molar refractivity (Wildman–Crippen MR) is 100 cm³/mol. The van der Waals surface area contributed by atoms with Gasteiger partial charge >= 0.3 is 0 Å². The van der Waals surface area contributed by atoms with Crippen molar-refractivity contribution in [2.75, 3.05) is 11.9 Å². The Hall–Kier alpha value is -2.38. The highest BCUT2D eigenvalue weighted by atomic mass is 35.5. The lowest BCUT2D eigenvalue weighted by molar-refractivity contribution is -0.118. The Balaban J connectivity index is 1.75. The van der Waals surface area contributed by atoms with Gasteiger partial charge < -0.3 is 4.90 Å². The molecule has 3 heterocycles. The molecule has 0 saturated heterocycles. The van der Waals surface area contributed by atoms with E-state index in [1.165, 1.54) is 4.90 Å². The van der Waals surface area contributed by atoms with Crippen molar-refractivity contribution in [3.05, 3.63) is 66.0 Å². The third-order valence-corrected chi connectivity index (χ3v) is 4.51. The van der Waals surface area contributed by atoms with Crippen LogP contribution in [0.4, 0.5) is 5.69 Å². The topological polar surface area (TPSA) is 63.9 Å². The minimum atomic E-state index is -0.218. The van der Waals surface area contributed by atoms with Crippen molar-refractivity contribution in [2.24, 2.45) is 0 Å². The van der Waals surface area contributed by atoms with Crippen molar-refractivity contribution >= 4 is 35.8 Å². The maximum Gasteiger partial charge on any atom is 0.228 e. The number of carbonyl (C=O) groups excluding carboxylic acids is 1. The van der Waals surface area contributed by atoms with Crippen molar-refractivity contribution < 1.29 is 4.79 Å². The first-order valence-electron chi connectivity index (χ1n) is 7.56. The van der Waals surface area contributed by atoms with Crippen molar-refractivity contribution in [3.63, 3.8) is 0 Å². The molecule has 0 spiro atoms. The standard InChI is InChI=1S/C17H16ClN5OS/c1-22(16(24)9-15(25)12-4-7-19-8-5-12)14-11-23(21-17(14)18)13-3-2-6-20-10-13/h2-8,10-11,15,25H,9H2,1H3. The van der Waals surface area contributed by atoms with Gasteiger partial charge in [0.15, 0.2) is 5.15 Å². The lowest BCUT2D eigenvalue weighted by atomic mass is 10.1. The summed E-state index contributed by atoms with van der Waals surface area (Å²) in [4.78, 5) is 22.1. The van der Waals surface area contributed by atoms with E-state index >= 15 is 0 Å². The molecule has 128 valence electrons. The van der Waals surface area contributed by atoms with Crippen molar-refractivity contribution in [1.29, 1.82) is 0 Å². The average molecular weight is 374 g/mol. The molecule has 8 heteroatoms. The van der Waals surface area contributed by atoms with Gasteiger partial charge in [0, 0.05) is 37.3 Å². The number of thiol groups is 1. The zero-order valence-corrected chi connectivity index (χ0v) is 15.1. The smallest absolute Gasteiger partial charge is 0.228 e. The molecule has 0 fully saturated rings. The van der Waals surface area contributed by atoms with Crippen LogP contribution in [0, 0.1) is 0 Å². The van der Waals surface area contributed by atoms with Crippen LogP contribution in [0.2, 0.25) is 5.15 Å². The Labute approximate surface area is 155 Å². The SMILES string of the molecule is CN(C(=O)CC(S)c1ccncc1)c1cn(-c2cccnc2)nc1Cl. The van der Waals surface area contributed by atoms with Crippen molar-refractivity contribution in [3.8, 4) is 5.69 Å². The number of nitrogens with zero attached hydrogens (tertiary/aromatic N) is 5. The molecule has 6 nitrogen and oxygen atoms in total. The van der Waals surface area contributed by atoms with E-state index < -0.39 is 0 Å². The Morgan fingerprint density at radius 2 is 2.04 bits per heavy atom. The molecule has 0 N–H and O–H groups in total. The summed E-state index contributed by atoms with van der Waals surface area (Å²) >= 11 is 10.7. The van der Waals surface area contributed by atoms with Gasteiger partial charge in [-0.3, -0.25) is 14.8 Å². The van der Waals surface area contributed by atoms with E-state index in [0.717, 1.165) is 11.3 Å². The second-order valence-electron chi connectivity index (χ2n) is 5.41. The summed E-state index contributed by atoms with van der Waals surface area (Å²) in [6.45, 7) is 0. The zero-order chi connectivity index (χ0) is 17.8. The molecule has 3 aromatic rings. The molecular weight excluding hydrogens is 358 g/mol. The van der Waals surface area contributed by atoms with Crippen LogP contribution >= 0.6 is 24.2 Å². The Morgan fingerprint density at radius 1 is 1.28 bits per heavy atom. The van der Waals surface area contributed by atoms with E-state index in [4.69, 9.17) is 11.6 Å². The molecule has 0 saturated carbocycles. The number of carbonyl (C=O) groups is 1. The number of aromatic nitrogens is 4. The average Bonchev–Trinajstić information content (AvgIpc) is 3.04. The molecule has 0 aliphatic carbocycles. The van der Waals surface area contributed by atoms with Crippen molar-refractivity contribution in [2.45, 2.75) is 11.7 Å². The van der Waals surface area contributed by atoms with E-state index in [9.17, 15) is 4.79 Å². The van der Waals surface area contributed by atoms with Gasteiger partial charge in [-0.2, -0.15) is 17.7 Å². The predicted octanol–water partition coefficient (Wildman–Crippen LogP) is 3.34. The van der Waals surface area contributed by atoms with Crippen LogP contribution in [0.15, 0.2) is 55.2 Å². The van der Waals surface area contributed by atoms with Gasteiger partial charge in [-0.15, -0.1) is 0 Å². The quantitative estimate of drug-likeness (QED) is 0.697. The minimum Gasteiger partial charge on any atom is -0.311 e. The first-order chi connectivity index (χ1) is 12.1. The second-order valence-corrected chi connectivity index (χ2v) is 6.40. The zero-order valence-electron chi connectivity index (χ0n) is 13.5. The van der Waals surface area contributed by atoms with Crippen LogP contribution in [-0.4, -0.2) is 32.7 Å². The lowest BCUT2D eigenvalue weighted by Gasteiger charge is -2.18. The molecule has 0 aliphatic rings. The molecule has 1 amide bonds. The maximum atomic E-state index is 12.6. The Morgan fingerprint density at radius 3 is 2.72 bits per heavy atom.